The summed E-state index contributed by atoms with van der Waals surface area (Å²) in [6, 6.07) is 16.2. The maximum atomic E-state index is 14.1. The number of carbonyl (C=O) groups excluding carboxylic acids is 2. The van der Waals surface area contributed by atoms with Crippen LogP contribution in [0.3, 0.4) is 0 Å². The Bertz CT molecular complexity index is 1910. The van der Waals surface area contributed by atoms with Crippen LogP contribution >= 0.6 is 11.6 Å². The number of imide groups is 1. The van der Waals surface area contributed by atoms with Gasteiger partial charge in [-0.15, -0.1) is 5.10 Å². The van der Waals surface area contributed by atoms with Gasteiger partial charge in [0.25, 0.3) is 5.91 Å². The lowest BCUT2D eigenvalue weighted by atomic mass is 10.1. The number of piperidine rings is 1. The minimum Gasteiger partial charge on any atom is -0.481 e. The van der Waals surface area contributed by atoms with Crippen LogP contribution in [-0.4, -0.2) is 57.3 Å². The maximum absolute atomic E-state index is 14.1. The molecule has 3 aromatic carbocycles. The molecule has 1 aromatic heterocycles. The number of anilines is 2. The summed E-state index contributed by atoms with van der Waals surface area (Å²) in [5.41, 5.74) is 4.37. The summed E-state index contributed by atoms with van der Waals surface area (Å²) in [7, 11) is 0. The van der Waals surface area contributed by atoms with Crippen molar-refractivity contribution >= 4 is 47.1 Å². The van der Waals surface area contributed by atoms with Gasteiger partial charge < -0.3 is 10.0 Å². The van der Waals surface area contributed by atoms with Crippen molar-refractivity contribution in [2.45, 2.75) is 83.4 Å². The van der Waals surface area contributed by atoms with E-state index < -0.39 is 34.7 Å². The molecule has 2 heterocycles. The highest BCUT2D eigenvalue weighted by molar-refractivity contribution is 6.31. The highest BCUT2D eigenvalue weighted by Crippen LogP contribution is 2.35. The number of aryl methyl sites for hydroxylation is 1. The molecule has 2 N–H and O–H groups in total. The average Bonchev–Trinajstić information content (AvgIpc) is 3.60. The Balaban J connectivity index is 1.27. The number of aliphatic carboxylic acids is 1. The molecule has 0 saturated carbocycles. The summed E-state index contributed by atoms with van der Waals surface area (Å²) in [6.07, 6.45) is 8.13. The average molecular weight is 766 g/mol. The second kappa shape index (κ2) is 19.2. The number of carboxylic acid groups (broad SMARTS) is 1. The number of halogens is 4. The molecule has 3 amide bonds. The van der Waals surface area contributed by atoms with Crippen molar-refractivity contribution in [1.29, 1.82) is 0 Å². The molecule has 0 radical (unpaired) electrons. The molecule has 54 heavy (non-hydrogen) atoms. The Morgan fingerprint density at radius 1 is 0.926 bits per heavy atom. The predicted octanol–water partition coefficient (Wildman–Crippen LogP) is 8.74. The van der Waals surface area contributed by atoms with Gasteiger partial charge in [-0.25, -0.2) is 19.8 Å². The van der Waals surface area contributed by atoms with E-state index in [0.717, 1.165) is 105 Å². The van der Waals surface area contributed by atoms with Crippen LogP contribution in [0.25, 0.3) is 0 Å². The number of benzene rings is 3. The van der Waals surface area contributed by atoms with Crippen LogP contribution in [0.1, 0.15) is 97.0 Å². The number of alkyl halides is 3. The Hall–Kier alpha value is -5.24. The molecule has 1 saturated heterocycles. The van der Waals surface area contributed by atoms with Gasteiger partial charge in [-0.2, -0.15) is 18.3 Å². The quantitative estimate of drug-likeness (QED) is 0.0662. The molecule has 5 rings (SSSR count). The number of nitrogens with zero attached hydrogens (tertiary/aromatic N) is 6. The zero-order valence-corrected chi connectivity index (χ0v) is 30.5. The van der Waals surface area contributed by atoms with E-state index in [9.17, 15) is 27.6 Å². The van der Waals surface area contributed by atoms with Gasteiger partial charge in [0.15, 0.2) is 0 Å². The van der Waals surface area contributed by atoms with Crippen molar-refractivity contribution in [1.82, 2.24) is 20.4 Å². The second-order valence-electron chi connectivity index (χ2n) is 13.2. The van der Waals surface area contributed by atoms with Crippen LogP contribution in [0.4, 0.5) is 29.3 Å². The lowest BCUT2D eigenvalue weighted by Crippen LogP contribution is -2.42. The summed E-state index contributed by atoms with van der Waals surface area (Å²) in [6.45, 7) is 2.16. The van der Waals surface area contributed by atoms with Crippen LogP contribution in [0.5, 0.6) is 0 Å². The summed E-state index contributed by atoms with van der Waals surface area (Å²) < 4.78 is 41.8. The molecule has 1 fully saturated rings. The first-order valence-electron chi connectivity index (χ1n) is 18.1. The molecule has 0 atom stereocenters. The van der Waals surface area contributed by atoms with Crippen molar-refractivity contribution in [3.63, 3.8) is 0 Å². The minimum absolute atomic E-state index is 0.0460. The van der Waals surface area contributed by atoms with Crippen LogP contribution in [-0.2, 0) is 23.9 Å². The molecular weight excluding hydrogens is 723 g/mol. The highest BCUT2D eigenvalue weighted by Gasteiger charge is 2.33. The fraction of sp³-hybridized carbons (Fsp3) is 0.385. The number of nitrogens with one attached hydrogen (secondary N) is 1. The maximum Gasteiger partial charge on any atom is 0.417 e. The Labute approximate surface area is 316 Å². The zero-order valence-electron chi connectivity index (χ0n) is 29.8. The van der Waals surface area contributed by atoms with Gasteiger partial charge in [-0.05, 0) is 98.2 Å². The van der Waals surface area contributed by atoms with Crippen molar-refractivity contribution in [2.75, 3.05) is 22.9 Å². The number of hydrogen-bond acceptors (Lipinski definition) is 7. The van der Waals surface area contributed by atoms with Crippen molar-refractivity contribution < 1.29 is 32.7 Å². The van der Waals surface area contributed by atoms with Crippen LogP contribution in [0, 0.1) is 0 Å². The SMILES string of the molecule is O=C(O)CCCCCCCCc1cn(Cc2cccc(C(=O)N(C(=O)NN=Cc3ccc(Cl)c(C(F)(F)F)c3)c3ccc(N4CCCCC4)cc3)c2)nn1. The smallest absolute Gasteiger partial charge is 0.417 e. The third kappa shape index (κ3) is 11.6. The molecule has 1 aliphatic rings. The van der Waals surface area contributed by atoms with Crippen LogP contribution in [0.15, 0.2) is 78.0 Å². The Kier molecular flexibility index (Phi) is 14.2. The normalized spacial score (nSPS) is 13.3. The summed E-state index contributed by atoms with van der Waals surface area (Å²) >= 11 is 5.73. The second-order valence-corrected chi connectivity index (χ2v) is 13.6. The highest BCUT2D eigenvalue weighted by atomic mass is 35.5. The van der Waals surface area contributed by atoms with E-state index in [-0.39, 0.29) is 23.2 Å². The standard InChI is InChI=1S/C39H43ClF3N7O4/c40-35-20-15-28(24-34(35)39(41,42)43)25-44-46-38(54)50(33-18-16-32(17-19-33)48-21-8-5-9-22-48)37(53)30-12-10-11-29(23-30)26-49-27-31(45-47-49)13-6-3-1-2-4-7-14-36(51)52/h10-12,15-20,23-25,27H,1-9,13-14,21-22,26H2,(H,46,54)(H,51,52). The van der Waals surface area contributed by atoms with E-state index in [2.05, 4.69) is 25.7 Å². The lowest BCUT2D eigenvalue weighted by molar-refractivity contribution is -0.138. The summed E-state index contributed by atoms with van der Waals surface area (Å²) in [5.74, 6) is -1.40. The third-order valence-electron chi connectivity index (χ3n) is 9.08. The Morgan fingerprint density at radius 3 is 2.37 bits per heavy atom. The first-order chi connectivity index (χ1) is 26.0. The zero-order chi connectivity index (χ0) is 38.5. The number of rotatable bonds is 16. The van der Waals surface area contributed by atoms with Crippen molar-refractivity contribution in [3.8, 4) is 0 Å². The fourth-order valence-corrected chi connectivity index (χ4v) is 6.51. The number of hydrogen-bond donors (Lipinski definition) is 2. The van der Waals surface area contributed by atoms with E-state index in [4.69, 9.17) is 16.7 Å². The molecule has 15 heteroatoms. The lowest BCUT2D eigenvalue weighted by Gasteiger charge is -2.29. The summed E-state index contributed by atoms with van der Waals surface area (Å²) in [5, 5.41) is 20.7. The topological polar surface area (TPSA) is 133 Å². The molecular formula is C39H43ClF3N7O4. The Morgan fingerprint density at radius 2 is 1.65 bits per heavy atom. The molecule has 0 aliphatic carbocycles. The molecule has 1 aliphatic heterocycles. The number of carbonyl (C=O) groups is 3. The van der Waals surface area contributed by atoms with Gasteiger partial charge in [-0.3, -0.25) is 9.59 Å². The van der Waals surface area contributed by atoms with Crippen LogP contribution < -0.4 is 15.2 Å². The van der Waals surface area contributed by atoms with E-state index >= 15 is 0 Å². The van der Waals surface area contributed by atoms with Gasteiger partial charge in [0, 0.05) is 37.0 Å². The minimum atomic E-state index is -4.67. The number of hydrazone groups is 1. The molecule has 0 unspecified atom stereocenters. The fourth-order valence-electron chi connectivity index (χ4n) is 6.28. The van der Waals surface area contributed by atoms with Crippen molar-refractivity contribution in [2.24, 2.45) is 5.10 Å². The first kappa shape index (κ1) is 40.0. The first-order valence-corrected chi connectivity index (χ1v) is 18.4. The van der Waals surface area contributed by atoms with E-state index in [1.165, 1.54) is 12.5 Å². The largest absolute Gasteiger partial charge is 0.481 e. The third-order valence-corrected chi connectivity index (χ3v) is 9.41. The monoisotopic (exact) mass is 765 g/mol. The summed E-state index contributed by atoms with van der Waals surface area (Å²) in [4.78, 5) is 41.5. The molecule has 11 nitrogen and oxygen atoms in total. The molecule has 0 bridgehead atoms. The molecule has 286 valence electrons. The van der Waals surface area contributed by atoms with E-state index in [0.29, 0.717) is 13.0 Å². The number of amides is 3. The van der Waals surface area contributed by atoms with Gasteiger partial charge in [-0.1, -0.05) is 60.7 Å². The van der Waals surface area contributed by atoms with Crippen LogP contribution in [0.2, 0.25) is 5.02 Å². The number of urea groups is 1. The van der Waals surface area contributed by atoms with E-state index in [1.807, 2.05) is 24.4 Å². The van der Waals surface area contributed by atoms with Gasteiger partial charge >= 0.3 is 18.2 Å². The van der Waals surface area contributed by atoms with E-state index in [1.54, 1.807) is 35.0 Å². The van der Waals surface area contributed by atoms with Crippen molar-refractivity contribution in [3.05, 3.63) is 106 Å². The van der Waals surface area contributed by atoms with Gasteiger partial charge in [0.05, 0.1) is 34.7 Å². The predicted molar refractivity (Wildman–Crippen MR) is 201 cm³/mol. The number of aromatic nitrogens is 3. The van der Waals surface area contributed by atoms with Gasteiger partial charge in [0.2, 0.25) is 0 Å². The molecule has 0 spiro atoms. The van der Waals surface area contributed by atoms with Gasteiger partial charge in [0.1, 0.15) is 0 Å². The molecule has 4 aromatic rings. The number of unbranched alkanes of at least 4 members (excludes halogenated alkanes) is 5. The number of carboxylic acids is 1.